The summed E-state index contributed by atoms with van der Waals surface area (Å²) in [6.07, 6.45) is -0.930. The van der Waals surface area contributed by atoms with Gasteiger partial charge in [0.05, 0.1) is 0 Å². The fourth-order valence-corrected chi connectivity index (χ4v) is 2.14. The first-order chi connectivity index (χ1) is 10.7. The third-order valence-electron chi connectivity index (χ3n) is 2.97. The van der Waals surface area contributed by atoms with Crippen molar-refractivity contribution in [2.75, 3.05) is 6.54 Å². The van der Waals surface area contributed by atoms with Gasteiger partial charge in [0, 0.05) is 13.0 Å². The molecule has 0 fully saturated rings. The number of hydrogen-bond acceptors (Lipinski definition) is 6. The van der Waals surface area contributed by atoms with Crippen molar-refractivity contribution in [3.63, 3.8) is 0 Å². The molecule has 0 saturated carbocycles. The average molecular weight is 343 g/mol. The van der Waals surface area contributed by atoms with Gasteiger partial charge >= 0.3 is 18.0 Å². The normalized spacial score (nSPS) is 19.1. The Bertz CT molecular complexity index is 566. The standard InChI is InChI=1S/C16H25NO7/c1-15(2,3)23-13(21)10-9(18)7-8-17(11(10)12(19)20)14(22)24-16(4,5)6/h11,18H,7-8H2,1-6H3,(H,19,20). The molecule has 0 aromatic heterocycles. The van der Waals surface area contributed by atoms with Crippen molar-refractivity contribution in [3.05, 3.63) is 11.3 Å². The topological polar surface area (TPSA) is 113 Å². The van der Waals surface area contributed by atoms with Gasteiger partial charge in [-0.3, -0.25) is 4.90 Å². The zero-order valence-electron chi connectivity index (χ0n) is 14.9. The molecule has 0 aromatic carbocycles. The fourth-order valence-electron chi connectivity index (χ4n) is 2.14. The largest absolute Gasteiger partial charge is 0.512 e. The molecule has 0 spiro atoms. The van der Waals surface area contributed by atoms with Crippen molar-refractivity contribution in [1.29, 1.82) is 0 Å². The molecule has 0 radical (unpaired) electrons. The van der Waals surface area contributed by atoms with Gasteiger partial charge in [0.1, 0.15) is 22.5 Å². The Morgan fingerprint density at radius 2 is 1.54 bits per heavy atom. The van der Waals surface area contributed by atoms with E-state index < -0.39 is 46.6 Å². The Morgan fingerprint density at radius 1 is 1.04 bits per heavy atom. The van der Waals surface area contributed by atoms with E-state index in [0.717, 1.165) is 4.90 Å². The van der Waals surface area contributed by atoms with E-state index in [2.05, 4.69) is 0 Å². The summed E-state index contributed by atoms with van der Waals surface area (Å²) < 4.78 is 10.3. The van der Waals surface area contributed by atoms with Crippen LogP contribution in [0.2, 0.25) is 0 Å². The van der Waals surface area contributed by atoms with Gasteiger partial charge in [-0.15, -0.1) is 0 Å². The molecule has 1 rings (SSSR count). The van der Waals surface area contributed by atoms with Crippen molar-refractivity contribution < 1.29 is 34.1 Å². The fraction of sp³-hybridized carbons (Fsp3) is 0.688. The lowest BCUT2D eigenvalue weighted by Gasteiger charge is -2.35. The number of hydrogen-bond donors (Lipinski definition) is 2. The van der Waals surface area contributed by atoms with E-state index in [-0.39, 0.29) is 13.0 Å². The Hall–Kier alpha value is -2.25. The van der Waals surface area contributed by atoms with Crippen LogP contribution < -0.4 is 0 Å². The smallest absolute Gasteiger partial charge is 0.411 e. The van der Waals surface area contributed by atoms with Crippen LogP contribution in [0.3, 0.4) is 0 Å². The zero-order valence-corrected chi connectivity index (χ0v) is 14.9. The SMILES string of the molecule is CC(C)(C)OC(=O)C1=C(O)CCN(C(=O)OC(C)(C)C)C1C(=O)O. The molecule has 1 aliphatic heterocycles. The maximum atomic E-state index is 12.3. The van der Waals surface area contributed by atoms with E-state index in [4.69, 9.17) is 9.47 Å². The Morgan fingerprint density at radius 3 is 1.96 bits per heavy atom. The molecule has 1 atom stereocenters. The number of nitrogens with zero attached hydrogens (tertiary/aromatic N) is 1. The Kier molecular flexibility index (Phi) is 5.53. The first-order valence-electron chi connectivity index (χ1n) is 7.61. The van der Waals surface area contributed by atoms with Crippen LogP contribution in [0.15, 0.2) is 11.3 Å². The van der Waals surface area contributed by atoms with Crippen LogP contribution in [-0.2, 0) is 19.1 Å². The lowest BCUT2D eigenvalue weighted by molar-refractivity contribution is -0.154. The van der Waals surface area contributed by atoms with Crippen LogP contribution >= 0.6 is 0 Å². The van der Waals surface area contributed by atoms with Crippen LogP contribution in [0.5, 0.6) is 0 Å². The number of carboxylic acid groups (broad SMARTS) is 1. The number of carbonyl (C=O) groups excluding carboxylic acids is 2. The molecule has 0 bridgehead atoms. The zero-order chi connectivity index (χ0) is 18.9. The molecule has 2 N–H and O–H groups in total. The van der Waals surface area contributed by atoms with Crippen molar-refractivity contribution >= 4 is 18.0 Å². The lowest BCUT2D eigenvalue weighted by atomic mass is 9.98. The number of ether oxygens (including phenoxy) is 2. The Labute approximate surface area is 141 Å². The second kappa shape index (κ2) is 6.70. The van der Waals surface area contributed by atoms with Gasteiger partial charge in [0.15, 0.2) is 6.04 Å². The van der Waals surface area contributed by atoms with Gasteiger partial charge in [-0.2, -0.15) is 0 Å². The molecule has 0 aliphatic carbocycles. The molecule has 136 valence electrons. The predicted octanol–water partition coefficient (Wildman–Crippen LogP) is 2.23. The summed E-state index contributed by atoms with van der Waals surface area (Å²) >= 11 is 0. The minimum atomic E-state index is -1.66. The van der Waals surface area contributed by atoms with Crippen LogP contribution in [0.4, 0.5) is 4.79 Å². The summed E-state index contributed by atoms with van der Waals surface area (Å²) in [5.74, 6) is -2.81. The van der Waals surface area contributed by atoms with Gasteiger partial charge < -0.3 is 19.7 Å². The number of carbonyl (C=O) groups is 3. The molecule has 0 aromatic rings. The maximum Gasteiger partial charge on any atom is 0.411 e. The van der Waals surface area contributed by atoms with Crippen molar-refractivity contribution in [3.8, 4) is 0 Å². The van der Waals surface area contributed by atoms with Gasteiger partial charge in [-0.25, -0.2) is 14.4 Å². The third-order valence-corrected chi connectivity index (χ3v) is 2.97. The summed E-state index contributed by atoms with van der Waals surface area (Å²) in [7, 11) is 0. The van der Waals surface area contributed by atoms with E-state index in [1.165, 1.54) is 0 Å². The molecule has 1 amide bonds. The minimum Gasteiger partial charge on any atom is -0.512 e. The van der Waals surface area contributed by atoms with E-state index in [1.807, 2.05) is 0 Å². The molecule has 1 aliphatic rings. The summed E-state index contributed by atoms with van der Waals surface area (Å²) in [4.78, 5) is 37.2. The molecular weight excluding hydrogens is 318 g/mol. The number of amides is 1. The van der Waals surface area contributed by atoms with Crippen LogP contribution in [0.25, 0.3) is 0 Å². The van der Waals surface area contributed by atoms with Gasteiger partial charge in [0.25, 0.3) is 0 Å². The van der Waals surface area contributed by atoms with Crippen LogP contribution in [0.1, 0.15) is 48.0 Å². The van der Waals surface area contributed by atoms with E-state index in [1.54, 1.807) is 41.5 Å². The summed E-state index contributed by atoms with van der Waals surface area (Å²) in [5.41, 5.74) is -2.15. The second-order valence-corrected chi connectivity index (χ2v) is 7.53. The highest BCUT2D eigenvalue weighted by atomic mass is 16.6. The minimum absolute atomic E-state index is 0.0579. The summed E-state index contributed by atoms with van der Waals surface area (Å²) in [6, 6.07) is -1.66. The lowest BCUT2D eigenvalue weighted by Crippen LogP contribution is -2.53. The number of carboxylic acids is 1. The number of esters is 1. The second-order valence-electron chi connectivity index (χ2n) is 7.53. The molecule has 1 unspecified atom stereocenters. The first-order valence-corrected chi connectivity index (χ1v) is 7.61. The van der Waals surface area contributed by atoms with Crippen molar-refractivity contribution in [2.24, 2.45) is 0 Å². The first kappa shape index (κ1) is 19.8. The summed E-state index contributed by atoms with van der Waals surface area (Å²) in [6.45, 7) is 9.71. The van der Waals surface area contributed by atoms with E-state index in [0.29, 0.717) is 0 Å². The Balaban J connectivity index is 3.19. The van der Waals surface area contributed by atoms with Crippen LogP contribution in [-0.4, -0.2) is 56.9 Å². The van der Waals surface area contributed by atoms with Gasteiger partial charge in [-0.1, -0.05) is 0 Å². The third kappa shape index (κ3) is 5.14. The van der Waals surface area contributed by atoms with E-state index >= 15 is 0 Å². The van der Waals surface area contributed by atoms with Crippen LogP contribution in [0, 0.1) is 0 Å². The monoisotopic (exact) mass is 343 g/mol. The molecule has 1 heterocycles. The number of aliphatic carboxylic acids is 1. The predicted molar refractivity (Wildman–Crippen MR) is 84.5 cm³/mol. The number of aliphatic hydroxyl groups is 1. The van der Waals surface area contributed by atoms with Crippen molar-refractivity contribution in [1.82, 2.24) is 4.90 Å². The molecule has 24 heavy (non-hydrogen) atoms. The highest BCUT2D eigenvalue weighted by Crippen LogP contribution is 2.27. The van der Waals surface area contributed by atoms with Gasteiger partial charge in [0.2, 0.25) is 0 Å². The number of aliphatic hydroxyl groups excluding tert-OH is 1. The highest BCUT2D eigenvalue weighted by Gasteiger charge is 2.44. The van der Waals surface area contributed by atoms with Gasteiger partial charge in [-0.05, 0) is 41.5 Å². The summed E-state index contributed by atoms with van der Waals surface area (Å²) in [5, 5.41) is 19.5. The maximum absolute atomic E-state index is 12.3. The quantitative estimate of drug-likeness (QED) is 0.739. The van der Waals surface area contributed by atoms with Crippen molar-refractivity contribution in [2.45, 2.75) is 65.2 Å². The average Bonchev–Trinajstić information content (AvgIpc) is 2.33. The highest BCUT2D eigenvalue weighted by molar-refractivity contribution is 5.99. The molecule has 0 saturated heterocycles. The number of rotatable bonds is 2. The molecule has 8 nitrogen and oxygen atoms in total. The molecule has 8 heteroatoms. The van der Waals surface area contributed by atoms with E-state index in [9.17, 15) is 24.6 Å². The molecular formula is C16H25NO7.